The summed E-state index contributed by atoms with van der Waals surface area (Å²) >= 11 is 0. The average molecular weight is 381 g/mol. The van der Waals surface area contributed by atoms with Crippen LogP contribution in [-0.4, -0.2) is 55.5 Å². The van der Waals surface area contributed by atoms with Crippen LogP contribution in [0.4, 0.5) is 8.78 Å². The summed E-state index contributed by atoms with van der Waals surface area (Å²) < 4.78 is 29.6. The van der Waals surface area contributed by atoms with Crippen molar-refractivity contribution >= 4 is 11.8 Å². The smallest absolute Gasteiger partial charge is 0.387 e. The number of ether oxygens (including phenoxy) is 1. The summed E-state index contributed by atoms with van der Waals surface area (Å²) in [4.78, 5) is 26.8. The lowest BCUT2D eigenvalue weighted by molar-refractivity contribution is -0.126. The fraction of sp³-hybridized carbons (Fsp3) is 0.579. The van der Waals surface area contributed by atoms with Crippen LogP contribution in [0.15, 0.2) is 24.3 Å². The Kier molecular flexibility index (Phi) is 6.60. The number of benzene rings is 1. The van der Waals surface area contributed by atoms with Crippen molar-refractivity contribution in [3.8, 4) is 5.75 Å². The first-order chi connectivity index (χ1) is 13.0. The van der Waals surface area contributed by atoms with Gasteiger partial charge >= 0.3 is 6.61 Å². The van der Waals surface area contributed by atoms with Gasteiger partial charge < -0.3 is 20.3 Å². The highest BCUT2D eigenvalue weighted by Gasteiger charge is 2.30. The number of halogens is 2. The van der Waals surface area contributed by atoms with E-state index in [4.69, 9.17) is 0 Å². The third-order valence-electron chi connectivity index (χ3n) is 5.10. The van der Waals surface area contributed by atoms with Crippen LogP contribution in [0, 0.1) is 5.92 Å². The lowest BCUT2D eigenvalue weighted by Gasteiger charge is -2.32. The van der Waals surface area contributed by atoms with Crippen molar-refractivity contribution in [3.63, 3.8) is 0 Å². The van der Waals surface area contributed by atoms with Crippen LogP contribution in [0.1, 0.15) is 36.0 Å². The molecule has 2 atom stereocenters. The van der Waals surface area contributed by atoms with Gasteiger partial charge in [0.05, 0.1) is 11.5 Å². The maximum absolute atomic E-state index is 12.8. The molecule has 1 aromatic rings. The maximum Gasteiger partial charge on any atom is 0.387 e. The van der Waals surface area contributed by atoms with Gasteiger partial charge in [-0.25, -0.2) is 0 Å². The Morgan fingerprint density at radius 3 is 2.81 bits per heavy atom. The average Bonchev–Trinajstić information content (AvgIpc) is 3.19. The van der Waals surface area contributed by atoms with E-state index < -0.39 is 6.61 Å². The van der Waals surface area contributed by atoms with Crippen molar-refractivity contribution in [1.29, 1.82) is 0 Å². The summed E-state index contributed by atoms with van der Waals surface area (Å²) in [6.45, 7) is -0.648. The maximum atomic E-state index is 12.8. The molecule has 2 heterocycles. The van der Waals surface area contributed by atoms with Gasteiger partial charge in [0.2, 0.25) is 5.91 Å². The van der Waals surface area contributed by atoms with E-state index in [0.29, 0.717) is 32.0 Å². The number of carbonyl (C=O) groups excluding carboxylic acids is 2. The number of likely N-dealkylation sites (tertiary alicyclic amines) is 1. The van der Waals surface area contributed by atoms with Crippen molar-refractivity contribution in [3.05, 3.63) is 29.8 Å². The Balaban J connectivity index is 1.60. The molecule has 2 fully saturated rings. The van der Waals surface area contributed by atoms with Crippen LogP contribution in [0.3, 0.4) is 0 Å². The van der Waals surface area contributed by atoms with E-state index in [1.54, 1.807) is 11.0 Å². The minimum Gasteiger partial charge on any atom is -0.434 e. The summed E-state index contributed by atoms with van der Waals surface area (Å²) in [5.74, 6) is -0.872. The molecular weight excluding hydrogens is 356 g/mol. The number of para-hydroxylation sites is 1. The monoisotopic (exact) mass is 381 g/mol. The van der Waals surface area contributed by atoms with E-state index in [-0.39, 0.29) is 35.6 Å². The quantitative estimate of drug-likeness (QED) is 0.791. The molecule has 0 bridgehead atoms. The molecule has 148 valence electrons. The molecule has 2 N–H and O–H groups in total. The molecule has 1 aromatic carbocycles. The molecule has 8 heteroatoms. The minimum atomic E-state index is -3.00. The molecule has 2 unspecified atom stereocenters. The molecule has 0 aromatic heterocycles. The van der Waals surface area contributed by atoms with Gasteiger partial charge in [-0.15, -0.1) is 0 Å². The van der Waals surface area contributed by atoms with Crippen molar-refractivity contribution < 1.29 is 23.1 Å². The molecule has 3 rings (SSSR count). The zero-order valence-electron chi connectivity index (χ0n) is 15.1. The first-order valence-corrected chi connectivity index (χ1v) is 9.39. The van der Waals surface area contributed by atoms with Gasteiger partial charge in [-0.2, -0.15) is 8.78 Å². The predicted octanol–water partition coefficient (Wildman–Crippen LogP) is 2.01. The number of nitrogens with zero attached hydrogens (tertiary/aromatic N) is 1. The van der Waals surface area contributed by atoms with Gasteiger partial charge in [0.1, 0.15) is 5.75 Å². The zero-order valence-corrected chi connectivity index (χ0v) is 15.1. The van der Waals surface area contributed by atoms with Crippen LogP contribution in [0.5, 0.6) is 5.75 Å². The van der Waals surface area contributed by atoms with E-state index in [1.165, 1.54) is 18.2 Å². The van der Waals surface area contributed by atoms with Gasteiger partial charge in [-0.1, -0.05) is 12.1 Å². The number of alkyl halides is 2. The van der Waals surface area contributed by atoms with Crippen molar-refractivity contribution in [2.75, 3.05) is 26.2 Å². The number of rotatable bonds is 6. The lowest BCUT2D eigenvalue weighted by atomic mass is 9.96. The third kappa shape index (κ3) is 5.15. The van der Waals surface area contributed by atoms with Crippen LogP contribution in [0.25, 0.3) is 0 Å². The molecule has 2 amide bonds. The van der Waals surface area contributed by atoms with Gasteiger partial charge in [0.25, 0.3) is 5.91 Å². The number of nitrogens with one attached hydrogen (secondary N) is 2. The lowest BCUT2D eigenvalue weighted by Crippen LogP contribution is -2.47. The topological polar surface area (TPSA) is 70.7 Å². The highest BCUT2D eigenvalue weighted by molar-refractivity contribution is 5.97. The number of piperidine rings is 1. The SMILES string of the molecule is O=C(NCC1CCCN1)C1CCCN(C(=O)c2ccccc2OC(F)F)C1. The molecule has 2 saturated heterocycles. The zero-order chi connectivity index (χ0) is 19.2. The van der Waals surface area contributed by atoms with E-state index in [9.17, 15) is 18.4 Å². The van der Waals surface area contributed by atoms with E-state index >= 15 is 0 Å². The summed E-state index contributed by atoms with van der Waals surface area (Å²) in [7, 11) is 0. The number of carbonyl (C=O) groups is 2. The second-order valence-corrected chi connectivity index (χ2v) is 7.00. The third-order valence-corrected chi connectivity index (χ3v) is 5.10. The first kappa shape index (κ1) is 19.5. The Morgan fingerprint density at radius 1 is 1.26 bits per heavy atom. The Bertz CT molecular complexity index is 665. The molecule has 2 aliphatic rings. The van der Waals surface area contributed by atoms with Gasteiger partial charge in [-0.05, 0) is 44.4 Å². The Morgan fingerprint density at radius 2 is 2.07 bits per heavy atom. The summed E-state index contributed by atoms with van der Waals surface area (Å²) in [6, 6.07) is 6.28. The summed E-state index contributed by atoms with van der Waals surface area (Å²) in [5.41, 5.74) is 0.0917. The second-order valence-electron chi connectivity index (χ2n) is 7.00. The number of amides is 2. The van der Waals surface area contributed by atoms with E-state index in [2.05, 4.69) is 15.4 Å². The molecule has 0 radical (unpaired) electrons. The molecular formula is C19H25F2N3O3. The van der Waals surface area contributed by atoms with Crippen LogP contribution in [-0.2, 0) is 4.79 Å². The van der Waals surface area contributed by atoms with Crippen molar-refractivity contribution in [2.24, 2.45) is 5.92 Å². The molecule has 0 saturated carbocycles. The van der Waals surface area contributed by atoms with Crippen LogP contribution in [0.2, 0.25) is 0 Å². The minimum absolute atomic E-state index is 0.0571. The second kappa shape index (κ2) is 9.12. The standard InChI is InChI=1S/C19H25F2N3O3/c20-19(21)27-16-8-2-1-7-15(16)18(26)24-10-4-5-13(12-24)17(25)23-11-14-6-3-9-22-14/h1-2,7-8,13-14,19,22H,3-6,9-12H2,(H,23,25). The normalized spacial score (nSPS) is 22.7. The summed E-state index contributed by atoms with van der Waals surface area (Å²) in [5, 5.41) is 6.30. The van der Waals surface area contributed by atoms with Crippen LogP contribution >= 0.6 is 0 Å². The fourth-order valence-electron chi connectivity index (χ4n) is 3.69. The predicted molar refractivity (Wildman–Crippen MR) is 95.7 cm³/mol. The first-order valence-electron chi connectivity index (χ1n) is 9.39. The fourth-order valence-corrected chi connectivity index (χ4v) is 3.69. The highest BCUT2D eigenvalue weighted by Crippen LogP contribution is 2.25. The molecule has 0 aliphatic carbocycles. The highest BCUT2D eigenvalue weighted by atomic mass is 19.3. The molecule has 27 heavy (non-hydrogen) atoms. The molecule has 2 aliphatic heterocycles. The summed E-state index contributed by atoms with van der Waals surface area (Å²) in [6.07, 6.45) is 3.58. The number of hydrogen-bond donors (Lipinski definition) is 2. The molecule has 6 nitrogen and oxygen atoms in total. The largest absolute Gasteiger partial charge is 0.434 e. The Labute approximate surface area is 157 Å². The van der Waals surface area contributed by atoms with Gasteiger partial charge in [0, 0.05) is 25.7 Å². The Hall–Kier alpha value is -2.22. The van der Waals surface area contributed by atoms with Gasteiger partial charge in [-0.3, -0.25) is 9.59 Å². The van der Waals surface area contributed by atoms with E-state index in [1.807, 2.05) is 0 Å². The van der Waals surface area contributed by atoms with Gasteiger partial charge in [0.15, 0.2) is 0 Å². The van der Waals surface area contributed by atoms with Crippen molar-refractivity contribution in [1.82, 2.24) is 15.5 Å². The van der Waals surface area contributed by atoms with Crippen molar-refractivity contribution in [2.45, 2.75) is 38.3 Å². The van der Waals surface area contributed by atoms with E-state index in [0.717, 1.165) is 19.4 Å². The number of hydrogen-bond acceptors (Lipinski definition) is 4. The van der Waals surface area contributed by atoms with Crippen LogP contribution < -0.4 is 15.4 Å². The molecule has 0 spiro atoms.